The molecular formula is C20H31ClN2O. The molecule has 1 fully saturated rings. The van der Waals surface area contributed by atoms with Gasteiger partial charge in [0.25, 0.3) is 0 Å². The number of carbonyl (C=O) groups excluding carboxylic acids is 1. The molecule has 0 spiro atoms. The number of nitrogens with zero attached hydrogens (tertiary/aromatic N) is 1. The zero-order chi connectivity index (χ0) is 16.2. The van der Waals surface area contributed by atoms with Crippen LogP contribution in [0.3, 0.4) is 0 Å². The summed E-state index contributed by atoms with van der Waals surface area (Å²) >= 11 is 0. The number of hydrogen-bond acceptors (Lipinski definition) is 2. The Morgan fingerprint density at radius 2 is 1.96 bits per heavy atom. The summed E-state index contributed by atoms with van der Waals surface area (Å²) < 4.78 is 0. The number of fused-ring (bicyclic) bond motifs is 1. The van der Waals surface area contributed by atoms with E-state index in [-0.39, 0.29) is 24.4 Å². The second-order valence-corrected chi connectivity index (χ2v) is 7.32. The van der Waals surface area contributed by atoms with Crippen molar-refractivity contribution in [2.45, 2.75) is 70.4 Å². The Morgan fingerprint density at radius 1 is 1.21 bits per heavy atom. The van der Waals surface area contributed by atoms with Crippen molar-refractivity contribution >= 4 is 18.3 Å². The van der Waals surface area contributed by atoms with Crippen molar-refractivity contribution in [3.8, 4) is 0 Å². The van der Waals surface area contributed by atoms with Crippen molar-refractivity contribution in [1.29, 1.82) is 0 Å². The zero-order valence-corrected chi connectivity index (χ0v) is 15.6. The number of carbonyl (C=O) groups is 1. The zero-order valence-electron chi connectivity index (χ0n) is 14.7. The van der Waals surface area contributed by atoms with Crippen molar-refractivity contribution in [2.24, 2.45) is 11.7 Å². The van der Waals surface area contributed by atoms with Gasteiger partial charge in [-0.3, -0.25) is 4.79 Å². The average Bonchev–Trinajstić information content (AvgIpc) is 2.58. The van der Waals surface area contributed by atoms with Crippen molar-refractivity contribution in [1.82, 2.24) is 4.90 Å². The lowest BCUT2D eigenvalue weighted by molar-refractivity contribution is -0.139. The van der Waals surface area contributed by atoms with Crippen molar-refractivity contribution in [3.05, 3.63) is 35.4 Å². The van der Waals surface area contributed by atoms with Gasteiger partial charge in [-0.05, 0) is 56.1 Å². The number of halogens is 1. The first-order chi connectivity index (χ1) is 11.2. The van der Waals surface area contributed by atoms with E-state index in [4.69, 9.17) is 5.73 Å². The van der Waals surface area contributed by atoms with Crippen LogP contribution in [0.4, 0.5) is 0 Å². The van der Waals surface area contributed by atoms with E-state index in [9.17, 15) is 4.79 Å². The third-order valence-electron chi connectivity index (χ3n) is 5.57. The minimum Gasteiger partial charge on any atom is -0.339 e. The summed E-state index contributed by atoms with van der Waals surface area (Å²) in [5.41, 5.74) is 9.00. The third kappa shape index (κ3) is 4.31. The molecule has 1 amide bonds. The fourth-order valence-electron chi connectivity index (χ4n) is 4.34. The maximum Gasteiger partial charge on any atom is 0.225 e. The van der Waals surface area contributed by atoms with Gasteiger partial charge < -0.3 is 10.6 Å². The van der Waals surface area contributed by atoms with Gasteiger partial charge in [0.1, 0.15) is 0 Å². The van der Waals surface area contributed by atoms with Gasteiger partial charge in [-0.15, -0.1) is 12.4 Å². The molecule has 0 heterocycles. The SMILES string of the molecule is CCCN(C(=O)C1CCCC(N)C1)C1CCc2ccccc2C1.Cl. The minimum absolute atomic E-state index is 0. The molecule has 0 radical (unpaired) electrons. The topological polar surface area (TPSA) is 46.3 Å². The van der Waals surface area contributed by atoms with Gasteiger partial charge >= 0.3 is 0 Å². The average molecular weight is 351 g/mol. The number of benzene rings is 1. The standard InChI is InChI=1S/C20H30N2O.ClH/c1-2-12-22(20(23)17-8-5-9-18(21)13-17)19-11-10-15-6-3-4-7-16(15)14-19;/h3-4,6-7,17-19H,2,5,8-14,21H2,1H3;1H. The third-order valence-corrected chi connectivity index (χ3v) is 5.57. The van der Waals surface area contributed by atoms with Crippen LogP contribution in [0.15, 0.2) is 24.3 Å². The largest absolute Gasteiger partial charge is 0.339 e. The smallest absolute Gasteiger partial charge is 0.225 e. The Balaban J connectivity index is 0.00000208. The molecular weight excluding hydrogens is 320 g/mol. The first kappa shape index (κ1) is 19.3. The van der Waals surface area contributed by atoms with Gasteiger partial charge in [0, 0.05) is 24.5 Å². The van der Waals surface area contributed by atoms with Crippen LogP contribution in [0, 0.1) is 5.92 Å². The summed E-state index contributed by atoms with van der Waals surface area (Å²) in [5, 5.41) is 0. The van der Waals surface area contributed by atoms with Crippen LogP contribution in [0.1, 0.15) is 56.6 Å². The molecule has 2 aliphatic rings. The van der Waals surface area contributed by atoms with Crippen LogP contribution < -0.4 is 5.73 Å². The first-order valence-electron chi connectivity index (χ1n) is 9.32. The normalized spacial score (nSPS) is 26.2. The Hall–Kier alpha value is -1.06. The molecule has 3 atom stereocenters. The lowest BCUT2D eigenvalue weighted by Crippen LogP contribution is -2.48. The van der Waals surface area contributed by atoms with E-state index >= 15 is 0 Å². The molecule has 2 N–H and O–H groups in total. The summed E-state index contributed by atoms with van der Waals surface area (Å²) in [4.78, 5) is 15.3. The molecule has 0 bridgehead atoms. The Morgan fingerprint density at radius 3 is 2.67 bits per heavy atom. The second kappa shape index (κ2) is 8.87. The molecule has 0 saturated heterocycles. The highest BCUT2D eigenvalue weighted by molar-refractivity contribution is 5.85. The highest BCUT2D eigenvalue weighted by atomic mass is 35.5. The predicted molar refractivity (Wildman–Crippen MR) is 101 cm³/mol. The van der Waals surface area contributed by atoms with Crippen molar-refractivity contribution in [2.75, 3.05) is 6.54 Å². The van der Waals surface area contributed by atoms with E-state index in [1.165, 1.54) is 11.1 Å². The van der Waals surface area contributed by atoms with Gasteiger partial charge in [0.05, 0.1) is 0 Å². The number of hydrogen-bond donors (Lipinski definition) is 1. The Labute approximate surface area is 152 Å². The van der Waals surface area contributed by atoms with E-state index in [2.05, 4.69) is 36.1 Å². The first-order valence-corrected chi connectivity index (χ1v) is 9.32. The molecule has 3 rings (SSSR count). The summed E-state index contributed by atoms with van der Waals surface area (Å²) in [7, 11) is 0. The minimum atomic E-state index is 0. The molecule has 134 valence electrons. The van der Waals surface area contributed by atoms with Crippen molar-refractivity contribution < 1.29 is 4.79 Å². The van der Waals surface area contributed by atoms with Crippen molar-refractivity contribution in [3.63, 3.8) is 0 Å². The van der Waals surface area contributed by atoms with Gasteiger partial charge in [-0.2, -0.15) is 0 Å². The lowest BCUT2D eigenvalue weighted by Gasteiger charge is -2.38. The maximum atomic E-state index is 13.1. The molecule has 1 saturated carbocycles. The fourth-order valence-corrected chi connectivity index (χ4v) is 4.34. The summed E-state index contributed by atoms with van der Waals surface area (Å²) in [5.74, 6) is 0.522. The van der Waals surface area contributed by atoms with Gasteiger partial charge in [0.2, 0.25) is 5.91 Å². The van der Waals surface area contributed by atoms with E-state index in [1.54, 1.807) is 0 Å². The number of nitrogens with two attached hydrogens (primary N) is 1. The Bertz CT molecular complexity index is 548. The van der Waals surface area contributed by atoms with Crippen LogP contribution in [0.5, 0.6) is 0 Å². The monoisotopic (exact) mass is 350 g/mol. The predicted octanol–water partition coefficient (Wildman–Crippen LogP) is 3.72. The summed E-state index contributed by atoms with van der Waals surface area (Å²) in [6.07, 6.45) is 8.32. The van der Waals surface area contributed by atoms with Crippen LogP contribution in [-0.2, 0) is 17.6 Å². The molecule has 4 heteroatoms. The number of amides is 1. The fraction of sp³-hybridized carbons (Fsp3) is 0.650. The van der Waals surface area contributed by atoms with E-state index < -0.39 is 0 Å². The molecule has 0 aliphatic heterocycles. The molecule has 2 aliphatic carbocycles. The molecule has 1 aromatic carbocycles. The van der Waals surface area contributed by atoms with E-state index in [0.717, 1.165) is 57.9 Å². The van der Waals surface area contributed by atoms with Crippen LogP contribution >= 0.6 is 12.4 Å². The number of aryl methyl sites for hydroxylation is 1. The number of rotatable bonds is 4. The summed E-state index contributed by atoms with van der Waals surface area (Å²) in [6.45, 7) is 3.06. The van der Waals surface area contributed by atoms with Crippen LogP contribution in [0.2, 0.25) is 0 Å². The van der Waals surface area contributed by atoms with Crippen LogP contribution in [0.25, 0.3) is 0 Å². The molecule has 1 aromatic rings. The van der Waals surface area contributed by atoms with Gasteiger partial charge in [-0.25, -0.2) is 0 Å². The second-order valence-electron chi connectivity index (χ2n) is 7.32. The highest BCUT2D eigenvalue weighted by Gasteiger charge is 2.33. The van der Waals surface area contributed by atoms with Gasteiger partial charge in [-0.1, -0.05) is 37.6 Å². The Kier molecular flexibility index (Phi) is 7.12. The summed E-state index contributed by atoms with van der Waals surface area (Å²) in [6, 6.07) is 9.29. The molecule has 24 heavy (non-hydrogen) atoms. The maximum absolute atomic E-state index is 13.1. The highest BCUT2D eigenvalue weighted by Crippen LogP contribution is 2.29. The van der Waals surface area contributed by atoms with E-state index in [1.807, 2.05) is 0 Å². The van der Waals surface area contributed by atoms with Crippen LogP contribution in [-0.4, -0.2) is 29.4 Å². The van der Waals surface area contributed by atoms with Gasteiger partial charge in [0.15, 0.2) is 0 Å². The van der Waals surface area contributed by atoms with E-state index in [0.29, 0.717) is 11.9 Å². The molecule has 3 nitrogen and oxygen atoms in total. The molecule has 0 aromatic heterocycles. The quantitative estimate of drug-likeness (QED) is 0.899. The molecule has 3 unspecified atom stereocenters. The lowest BCUT2D eigenvalue weighted by atomic mass is 9.83.